The summed E-state index contributed by atoms with van der Waals surface area (Å²) in [4.78, 5) is 27.9. The fourth-order valence-electron chi connectivity index (χ4n) is 5.24. The second kappa shape index (κ2) is 7.69. The number of pyridine rings is 1. The van der Waals surface area contributed by atoms with E-state index in [-0.39, 0.29) is 0 Å². The fourth-order valence-corrected chi connectivity index (χ4v) is 5.24. The molecule has 2 bridgehead atoms. The molecule has 5 heterocycles. The first-order valence-electron chi connectivity index (χ1n) is 11.4. The summed E-state index contributed by atoms with van der Waals surface area (Å²) in [5.41, 5.74) is 9.38. The van der Waals surface area contributed by atoms with E-state index >= 15 is 0 Å². The van der Waals surface area contributed by atoms with E-state index in [1.54, 1.807) is 36.7 Å². The lowest BCUT2D eigenvalue weighted by Gasteiger charge is -2.36. The number of piperazine rings is 1. The molecule has 1 aromatic carbocycles. The van der Waals surface area contributed by atoms with Gasteiger partial charge in [-0.05, 0) is 49.7 Å². The van der Waals surface area contributed by atoms with Gasteiger partial charge < -0.3 is 25.7 Å². The van der Waals surface area contributed by atoms with Crippen molar-refractivity contribution in [3.05, 3.63) is 63.9 Å². The number of nitrogens with one attached hydrogen (secondary N) is 3. The third-order valence-electron chi connectivity index (χ3n) is 7.24. The lowest BCUT2D eigenvalue weighted by Crippen LogP contribution is -2.57. The Morgan fingerprint density at radius 3 is 2.91 bits per heavy atom. The Morgan fingerprint density at radius 1 is 1.31 bits per heavy atom. The minimum atomic E-state index is -1.07. The summed E-state index contributed by atoms with van der Waals surface area (Å²) in [6.45, 7) is 3.75. The zero-order chi connectivity index (χ0) is 24.3. The molecular formula is C24H25N9O2. The van der Waals surface area contributed by atoms with Gasteiger partial charge in [0.1, 0.15) is 17.5 Å². The predicted molar refractivity (Wildman–Crippen MR) is 132 cm³/mol. The summed E-state index contributed by atoms with van der Waals surface area (Å²) in [7, 11) is 2.14. The fraction of sp³-hybridized carbons (Fsp3) is 0.333. The van der Waals surface area contributed by atoms with Crippen LogP contribution >= 0.6 is 0 Å². The number of likely N-dealkylation sites (tertiary alicyclic amines) is 1. The summed E-state index contributed by atoms with van der Waals surface area (Å²) in [5.74, 6) is 0.622. The van der Waals surface area contributed by atoms with Gasteiger partial charge in [0.25, 0.3) is 0 Å². The molecule has 3 aliphatic heterocycles. The first-order chi connectivity index (χ1) is 16.8. The van der Waals surface area contributed by atoms with Crippen LogP contribution < -0.4 is 27.0 Å². The lowest BCUT2D eigenvalue weighted by atomic mass is 9.92. The van der Waals surface area contributed by atoms with Gasteiger partial charge in [0.2, 0.25) is 5.96 Å². The molecule has 3 aromatic rings. The Hall–Kier alpha value is -4.14. The van der Waals surface area contributed by atoms with Crippen LogP contribution in [0.3, 0.4) is 0 Å². The van der Waals surface area contributed by atoms with Crippen LogP contribution in [0.15, 0.2) is 56.4 Å². The first kappa shape index (κ1) is 21.4. The number of benzene rings is 1. The molecule has 2 fully saturated rings. The number of hydrogen-bond acceptors (Lipinski definition) is 10. The van der Waals surface area contributed by atoms with E-state index in [2.05, 4.69) is 48.5 Å². The monoisotopic (exact) mass is 471 g/mol. The van der Waals surface area contributed by atoms with Crippen LogP contribution in [-0.4, -0.2) is 53.0 Å². The summed E-state index contributed by atoms with van der Waals surface area (Å²) in [5, 5.41) is 16.3. The molecule has 178 valence electrons. The van der Waals surface area contributed by atoms with Crippen molar-refractivity contribution in [3.8, 4) is 6.07 Å². The highest BCUT2D eigenvalue weighted by Crippen LogP contribution is 2.35. The van der Waals surface area contributed by atoms with Crippen molar-refractivity contribution in [1.82, 2.24) is 20.2 Å². The van der Waals surface area contributed by atoms with Crippen LogP contribution in [0.4, 0.5) is 11.5 Å². The molecule has 11 nitrogen and oxygen atoms in total. The van der Waals surface area contributed by atoms with E-state index in [1.165, 1.54) is 0 Å². The SMILES string of the molecule is CC1=CN=C(Nc2cnc(N3C[C@@H]4C[C@H]3CN4C)c(C#N)c2)NC1(N)c1ccc2oc(=O)[nH]c2c1. The van der Waals surface area contributed by atoms with Gasteiger partial charge in [-0.25, -0.2) is 14.8 Å². The highest BCUT2D eigenvalue weighted by molar-refractivity contribution is 5.96. The Morgan fingerprint density at radius 2 is 2.17 bits per heavy atom. The van der Waals surface area contributed by atoms with E-state index in [0.717, 1.165) is 36.5 Å². The number of aromatic amines is 1. The van der Waals surface area contributed by atoms with Gasteiger partial charge in [0.15, 0.2) is 5.58 Å². The van der Waals surface area contributed by atoms with E-state index < -0.39 is 11.4 Å². The molecule has 2 aromatic heterocycles. The third kappa shape index (κ3) is 3.46. The summed E-state index contributed by atoms with van der Waals surface area (Å²) < 4.78 is 5.10. The molecule has 0 spiro atoms. The van der Waals surface area contributed by atoms with E-state index in [1.807, 2.05) is 6.92 Å². The predicted octanol–water partition coefficient (Wildman–Crippen LogP) is 1.37. The Balaban J connectivity index is 1.25. The molecule has 5 N–H and O–H groups in total. The van der Waals surface area contributed by atoms with E-state index in [0.29, 0.717) is 40.4 Å². The van der Waals surface area contributed by atoms with Crippen LogP contribution in [-0.2, 0) is 5.66 Å². The molecule has 0 amide bonds. The summed E-state index contributed by atoms with van der Waals surface area (Å²) >= 11 is 0. The average molecular weight is 472 g/mol. The Bertz CT molecular complexity index is 1490. The Kier molecular flexibility index (Phi) is 4.70. The summed E-state index contributed by atoms with van der Waals surface area (Å²) in [6.07, 6.45) is 4.50. The number of aromatic nitrogens is 2. The molecule has 2 saturated heterocycles. The minimum absolute atomic E-state index is 0.390. The lowest BCUT2D eigenvalue weighted by molar-refractivity contribution is 0.292. The quantitative estimate of drug-likeness (QED) is 0.444. The number of anilines is 2. The van der Waals surface area contributed by atoms with Crippen molar-refractivity contribution in [2.75, 3.05) is 30.4 Å². The number of nitrogens with two attached hydrogens (primary N) is 1. The van der Waals surface area contributed by atoms with Gasteiger partial charge in [-0.3, -0.25) is 9.88 Å². The molecule has 3 aliphatic rings. The standard InChI is InChI=1S/C24H25N9O2/c1-13-9-28-22(31-24(13,26)15-3-4-20-19(6-15)30-23(34)35-20)29-16-5-14(8-25)21(27-10-16)33-12-17-7-18(33)11-32(17)2/h3-6,9-10,17-18H,7,11-12,26H2,1-2H3,(H,30,34)(H2,28,29,31)/t17-,18-,24?/m0/s1. The van der Waals surface area contributed by atoms with Crippen molar-refractivity contribution < 1.29 is 4.42 Å². The highest BCUT2D eigenvalue weighted by Gasteiger charge is 2.42. The van der Waals surface area contributed by atoms with E-state index in [4.69, 9.17) is 10.2 Å². The van der Waals surface area contributed by atoms with Gasteiger partial charge in [-0.2, -0.15) is 5.26 Å². The normalized spacial score (nSPS) is 25.8. The van der Waals surface area contributed by atoms with Crippen LogP contribution in [0.25, 0.3) is 11.1 Å². The Labute approximate surface area is 200 Å². The largest absolute Gasteiger partial charge is 0.417 e. The number of guanidine groups is 1. The molecule has 1 unspecified atom stereocenters. The first-order valence-corrected chi connectivity index (χ1v) is 11.4. The maximum atomic E-state index is 11.5. The molecule has 3 atom stereocenters. The van der Waals surface area contributed by atoms with Gasteiger partial charge in [-0.15, -0.1) is 0 Å². The molecule has 0 radical (unpaired) electrons. The smallest absolute Gasteiger partial charge is 0.408 e. The van der Waals surface area contributed by atoms with Crippen LogP contribution in [0.2, 0.25) is 0 Å². The zero-order valence-electron chi connectivity index (χ0n) is 19.4. The summed E-state index contributed by atoms with van der Waals surface area (Å²) in [6, 6.07) is 10.3. The van der Waals surface area contributed by atoms with E-state index in [9.17, 15) is 10.1 Å². The third-order valence-corrected chi connectivity index (χ3v) is 7.24. The van der Waals surface area contributed by atoms with Crippen LogP contribution in [0.1, 0.15) is 24.5 Å². The van der Waals surface area contributed by atoms with Crippen molar-refractivity contribution >= 4 is 28.6 Å². The number of H-pyrrole nitrogens is 1. The number of nitriles is 1. The average Bonchev–Trinajstić information content (AvgIpc) is 3.53. The van der Waals surface area contributed by atoms with Crippen LogP contribution in [0, 0.1) is 11.3 Å². The molecule has 0 aliphatic carbocycles. The highest BCUT2D eigenvalue weighted by atomic mass is 16.4. The number of nitrogens with zero attached hydrogens (tertiary/aromatic N) is 5. The number of fused-ring (bicyclic) bond motifs is 3. The molecule has 35 heavy (non-hydrogen) atoms. The number of likely N-dealkylation sites (N-methyl/N-ethyl adjacent to an activating group) is 1. The maximum Gasteiger partial charge on any atom is 0.417 e. The van der Waals surface area contributed by atoms with Gasteiger partial charge in [0.05, 0.1) is 23.0 Å². The molecule has 6 rings (SSSR count). The molecular weight excluding hydrogens is 446 g/mol. The van der Waals surface area contributed by atoms with Crippen molar-refractivity contribution in [2.45, 2.75) is 31.1 Å². The minimum Gasteiger partial charge on any atom is -0.408 e. The number of oxazole rings is 1. The van der Waals surface area contributed by atoms with Crippen molar-refractivity contribution in [1.29, 1.82) is 5.26 Å². The molecule has 0 saturated carbocycles. The van der Waals surface area contributed by atoms with Crippen molar-refractivity contribution in [3.63, 3.8) is 0 Å². The zero-order valence-corrected chi connectivity index (χ0v) is 19.4. The van der Waals surface area contributed by atoms with Crippen molar-refractivity contribution in [2.24, 2.45) is 10.7 Å². The van der Waals surface area contributed by atoms with Gasteiger partial charge >= 0.3 is 5.76 Å². The maximum absolute atomic E-state index is 11.5. The molecule has 11 heteroatoms. The second-order valence-electron chi connectivity index (χ2n) is 9.42. The number of aliphatic imine (C=N–C) groups is 1. The topological polar surface area (TPSA) is 152 Å². The second-order valence-corrected chi connectivity index (χ2v) is 9.42. The number of hydrogen-bond donors (Lipinski definition) is 4. The van der Waals surface area contributed by atoms with Gasteiger partial charge in [-0.1, -0.05) is 6.07 Å². The number of rotatable bonds is 3. The van der Waals surface area contributed by atoms with Gasteiger partial charge in [0, 0.05) is 31.4 Å². The van der Waals surface area contributed by atoms with Crippen LogP contribution in [0.5, 0.6) is 0 Å².